The molecule has 0 saturated carbocycles. The highest BCUT2D eigenvalue weighted by atomic mass is 35.5. The topological polar surface area (TPSA) is 63.3 Å². The lowest BCUT2D eigenvalue weighted by Gasteiger charge is -2.11. The highest BCUT2D eigenvalue weighted by Crippen LogP contribution is 2.24. The van der Waals surface area contributed by atoms with Crippen molar-refractivity contribution in [3.63, 3.8) is 0 Å². The van der Waals surface area contributed by atoms with E-state index in [2.05, 4.69) is 0 Å². The number of nitrogens with two attached hydrogens (primary N) is 1. The summed E-state index contributed by atoms with van der Waals surface area (Å²) in [5, 5.41) is 8.42. The fourth-order valence-electron chi connectivity index (χ4n) is 1.14. The third kappa shape index (κ3) is 2.87. The van der Waals surface area contributed by atoms with E-state index in [1.165, 1.54) is 0 Å². The van der Waals surface area contributed by atoms with Crippen molar-refractivity contribution in [2.75, 3.05) is 0 Å². The Hall–Kier alpha value is -1.20. The largest absolute Gasteiger partial charge is 0.481 e. The summed E-state index contributed by atoms with van der Waals surface area (Å²) in [6.45, 7) is 0. The van der Waals surface area contributed by atoms with Crippen LogP contribution in [0.1, 0.15) is 18.0 Å². The van der Waals surface area contributed by atoms with Gasteiger partial charge < -0.3 is 10.8 Å². The summed E-state index contributed by atoms with van der Waals surface area (Å²) in [7, 11) is 0. The van der Waals surface area contributed by atoms with Gasteiger partial charge in [-0.3, -0.25) is 4.79 Å². The second-order valence-electron chi connectivity index (χ2n) is 3.00. The molecule has 0 heterocycles. The van der Waals surface area contributed by atoms with E-state index in [1.54, 1.807) is 0 Å². The summed E-state index contributed by atoms with van der Waals surface area (Å²) in [4.78, 5) is 10.3. The van der Waals surface area contributed by atoms with Crippen molar-refractivity contribution in [2.24, 2.45) is 5.73 Å². The number of halogens is 3. The summed E-state index contributed by atoms with van der Waals surface area (Å²) in [5.74, 6) is -3.49. The minimum atomic E-state index is -1.19. The van der Waals surface area contributed by atoms with Gasteiger partial charge in [0, 0.05) is 16.6 Å². The van der Waals surface area contributed by atoms with Gasteiger partial charge in [0.15, 0.2) is 11.6 Å². The van der Waals surface area contributed by atoms with E-state index in [9.17, 15) is 13.6 Å². The van der Waals surface area contributed by atoms with Crippen LogP contribution in [0, 0.1) is 11.6 Å². The SMILES string of the molecule is NC(CC(=O)O)c1cc(Cl)cc(F)c1F. The van der Waals surface area contributed by atoms with E-state index in [4.69, 9.17) is 22.4 Å². The number of rotatable bonds is 3. The first-order valence-electron chi connectivity index (χ1n) is 4.03. The minimum absolute atomic E-state index is 0.0234. The van der Waals surface area contributed by atoms with Crippen molar-refractivity contribution in [2.45, 2.75) is 12.5 Å². The normalized spacial score (nSPS) is 12.5. The number of aliphatic carboxylic acids is 1. The summed E-state index contributed by atoms with van der Waals surface area (Å²) < 4.78 is 26.1. The molecule has 3 N–H and O–H groups in total. The number of carboxylic acid groups (broad SMARTS) is 1. The van der Waals surface area contributed by atoms with E-state index in [0.29, 0.717) is 0 Å². The van der Waals surface area contributed by atoms with Crippen LogP contribution in [-0.2, 0) is 4.79 Å². The average Bonchev–Trinajstić information content (AvgIpc) is 2.09. The zero-order chi connectivity index (χ0) is 11.6. The maximum absolute atomic E-state index is 13.2. The van der Waals surface area contributed by atoms with Crippen LogP contribution in [0.15, 0.2) is 12.1 Å². The number of carbonyl (C=O) groups is 1. The Morgan fingerprint density at radius 2 is 2.13 bits per heavy atom. The highest BCUT2D eigenvalue weighted by Gasteiger charge is 2.18. The predicted octanol–water partition coefficient (Wildman–Crippen LogP) is 2.09. The van der Waals surface area contributed by atoms with Gasteiger partial charge in [-0.1, -0.05) is 11.6 Å². The van der Waals surface area contributed by atoms with Crippen molar-refractivity contribution in [3.8, 4) is 0 Å². The van der Waals surface area contributed by atoms with Crippen LogP contribution in [0.3, 0.4) is 0 Å². The van der Waals surface area contributed by atoms with Crippen molar-refractivity contribution in [1.82, 2.24) is 0 Å². The van der Waals surface area contributed by atoms with Gasteiger partial charge in [-0.25, -0.2) is 8.78 Å². The van der Waals surface area contributed by atoms with Gasteiger partial charge in [0.1, 0.15) is 0 Å². The molecule has 0 bridgehead atoms. The van der Waals surface area contributed by atoms with Crippen LogP contribution < -0.4 is 5.73 Å². The molecule has 0 spiro atoms. The van der Waals surface area contributed by atoms with Gasteiger partial charge in [-0.15, -0.1) is 0 Å². The minimum Gasteiger partial charge on any atom is -0.481 e. The van der Waals surface area contributed by atoms with Crippen molar-refractivity contribution >= 4 is 17.6 Å². The highest BCUT2D eigenvalue weighted by molar-refractivity contribution is 6.30. The smallest absolute Gasteiger partial charge is 0.305 e. The Bertz CT molecular complexity index is 398. The third-order valence-corrected chi connectivity index (χ3v) is 2.03. The van der Waals surface area contributed by atoms with Crippen molar-refractivity contribution in [1.29, 1.82) is 0 Å². The molecule has 1 aromatic carbocycles. The fraction of sp³-hybridized carbons (Fsp3) is 0.222. The Morgan fingerprint density at radius 3 is 2.67 bits per heavy atom. The van der Waals surface area contributed by atoms with Crippen LogP contribution in [0.25, 0.3) is 0 Å². The number of hydrogen-bond acceptors (Lipinski definition) is 2. The van der Waals surface area contributed by atoms with Crippen LogP contribution in [-0.4, -0.2) is 11.1 Å². The Balaban J connectivity index is 3.07. The molecule has 15 heavy (non-hydrogen) atoms. The summed E-state index contributed by atoms with van der Waals surface area (Å²) in [6.07, 6.45) is -0.489. The second kappa shape index (κ2) is 4.55. The molecule has 0 aliphatic rings. The van der Waals surface area contributed by atoms with Crippen LogP contribution >= 0.6 is 11.6 Å². The van der Waals surface area contributed by atoms with Gasteiger partial charge in [0.05, 0.1) is 6.42 Å². The molecule has 1 unspecified atom stereocenters. The summed E-state index contributed by atoms with van der Waals surface area (Å²) >= 11 is 5.49. The first kappa shape index (κ1) is 11.9. The molecule has 0 amide bonds. The molecule has 0 aromatic heterocycles. The third-order valence-electron chi connectivity index (χ3n) is 1.82. The molecule has 82 valence electrons. The lowest BCUT2D eigenvalue weighted by atomic mass is 10.0. The Kier molecular flexibility index (Phi) is 3.60. The molecular formula is C9H8ClF2NO2. The summed E-state index contributed by atoms with van der Waals surface area (Å²) in [6, 6.07) is 0.803. The lowest BCUT2D eigenvalue weighted by Crippen LogP contribution is -2.17. The van der Waals surface area contributed by atoms with Gasteiger partial charge in [0.25, 0.3) is 0 Å². The Labute approximate surface area is 89.5 Å². The van der Waals surface area contributed by atoms with Crippen LogP contribution in [0.4, 0.5) is 8.78 Å². The first-order valence-corrected chi connectivity index (χ1v) is 4.41. The first-order chi connectivity index (χ1) is 6.91. The quantitative estimate of drug-likeness (QED) is 0.789. The van der Waals surface area contributed by atoms with Gasteiger partial charge in [-0.2, -0.15) is 0 Å². The maximum atomic E-state index is 13.2. The van der Waals surface area contributed by atoms with Crippen LogP contribution in [0.2, 0.25) is 5.02 Å². The van der Waals surface area contributed by atoms with Gasteiger partial charge in [0.2, 0.25) is 0 Å². The zero-order valence-electron chi connectivity index (χ0n) is 7.51. The fourth-order valence-corrected chi connectivity index (χ4v) is 1.36. The molecule has 1 rings (SSSR count). The number of carboxylic acids is 1. The van der Waals surface area contributed by atoms with E-state index in [0.717, 1.165) is 12.1 Å². The molecule has 3 nitrogen and oxygen atoms in total. The van der Waals surface area contributed by atoms with Gasteiger partial charge in [-0.05, 0) is 12.1 Å². The van der Waals surface area contributed by atoms with Gasteiger partial charge >= 0.3 is 5.97 Å². The molecule has 0 saturated heterocycles. The average molecular weight is 236 g/mol. The molecule has 1 atom stereocenters. The molecular weight excluding hydrogens is 228 g/mol. The van der Waals surface area contributed by atoms with E-state index < -0.39 is 30.1 Å². The van der Waals surface area contributed by atoms with Crippen molar-refractivity contribution in [3.05, 3.63) is 34.4 Å². The van der Waals surface area contributed by atoms with E-state index in [-0.39, 0.29) is 10.6 Å². The van der Waals surface area contributed by atoms with Crippen molar-refractivity contribution < 1.29 is 18.7 Å². The molecule has 1 aromatic rings. The molecule has 6 heteroatoms. The molecule has 0 aliphatic carbocycles. The standard InChI is InChI=1S/C9H8ClF2NO2/c10-4-1-5(7(13)3-8(14)15)9(12)6(11)2-4/h1-2,7H,3,13H2,(H,14,15). The lowest BCUT2D eigenvalue weighted by molar-refractivity contribution is -0.137. The maximum Gasteiger partial charge on any atom is 0.305 e. The monoisotopic (exact) mass is 235 g/mol. The second-order valence-corrected chi connectivity index (χ2v) is 3.43. The molecule has 0 radical (unpaired) electrons. The predicted molar refractivity (Wildman–Crippen MR) is 50.5 cm³/mol. The zero-order valence-corrected chi connectivity index (χ0v) is 8.26. The van der Waals surface area contributed by atoms with E-state index in [1.807, 2.05) is 0 Å². The number of hydrogen-bond donors (Lipinski definition) is 2. The summed E-state index contributed by atoms with van der Waals surface area (Å²) in [5.41, 5.74) is 5.15. The molecule has 0 aliphatic heterocycles. The molecule has 0 fully saturated rings. The van der Waals surface area contributed by atoms with E-state index >= 15 is 0 Å². The Morgan fingerprint density at radius 1 is 1.53 bits per heavy atom. The van der Waals surface area contributed by atoms with Crippen LogP contribution in [0.5, 0.6) is 0 Å². The number of benzene rings is 1.